The van der Waals surface area contributed by atoms with E-state index in [9.17, 15) is 0 Å². The van der Waals surface area contributed by atoms with Crippen LogP contribution in [0.3, 0.4) is 0 Å². The van der Waals surface area contributed by atoms with Crippen molar-refractivity contribution in [2.45, 2.75) is 4.90 Å². The number of pyridine rings is 1. The van der Waals surface area contributed by atoms with Gasteiger partial charge in [0.2, 0.25) is 0 Å². The maximum Gasteiger partial charge on any atom is 0.179 e. The van der Waals surface area contributed by atoms with Gasteiger partial charge in [0.1, 0.15) is 5.75 Å². The number of methoxy groups -OCH3 is 1. The first-order valence-electron chi connectivity index (χ1n) is 10.1. The molecule has 0 aliphatic rings. The molecule has 0 spiro atoms. The molecule has 0 N–H and O–H groups in total. The third kappa shape index (κ3) is 4.19. The molecule has 0 amide bonds. The molecule has 3 aromatic carbocycles. The van der Waals surface area contributed by atoms with E-state index >= 15 is 0 Å². The lowest BCUT2D eigenvalue weighted by atomic mass is 10.0. The Bertz CT molecular complexity index is 1320. The lowest BCUT2D eigenvalue weighted by Crippen LogP contribution is -2.07. The topological polar surface area (TPSA) is 45.5 Å². The van der Waals surface area contributed by atoms with Crippen molar-refractivity contribution in [3.63, 3.8) is 0 Å². The lowest BCUT2D eigenvalue weighted by Gasteiger charge is -2.05. The molecule has 0 radical (unpaired) electrons. The zero-order valence-electron chi connectivity index (χ0n) is 17.3. The van der Waals surface area contributed by atoms with Gasteiger partial charge in [0.15, 0.2) is 5.65 Å². The van der Waals surface area contributed by atoms with Crippen molar-refractivity contribution in [3.8, 4) is 28.0 Å². The summed E-state index contributed by atoms with van der Waals surface area (Å²) in [5, 5.41) is 0.963. The van der Waals surface area contributed by atoms with Gasteiger partial charge in [-0.3, -0.25) is 0 Å². The van der Waals surface area contributed by atoms with E-state index in [0.29, 0.717) is 5.65 Å². The first kappa shape index (κ1) is 20.2. The Balaban J connectivity index is 1.53. The van der Waals surface area contributed by atoms with E-state index in [-0.39, 0.29) is 0 Å². The second kappa shape index (κ2) is 9.18. The van der Waals surface area contributed by atoms with E-state index in [0.717, 1.165) is 50.3 Å². The van der Waals surface area contributed by atoms with E-state index < -0.39 is 0 Å². The molecule has 5 nitrogen and oxygen atoms in total. The maximum absolute atomic E-state index is 5.61. The molecule has 0 fully saturated rings. The van der Waals surface area contributed by atoms with Crippen molar-refractivity contribution < 1.29 is 14.1 Å². The van der Waals surface area contributed by atoms with Crippen molar-refractivity contribution >= 4 is 23.1 Å². The number of nitrogens with zero attached hydrogens (tertiary/aromatic N) is 2. The van der Waals surface area contributed by atoms with Crippen LogP contribution in [0.15, 0.2) is 108 Å². The van der Waals surface area contributed by atoms with Gasteiger partial charge < -0.3 is 4.74 Å². The summed E-state index contributed by atoms with van der Waals surface area (Å²) in [4.78, 5) is 11.2. The number of rotatable bonds is 7. The molecule has 5 rings (SSSR count). The quantitative estimate of drug-likeness (QED) is 0.165. The average Bonchev–Trinajstić information content (AvgIpc) is 3.23. The van der Waals surface area contributed by atoms with Crippen LogP contribution < -0.4 is 9.73 Å². The third-order valence-electron chi connectivity index (χ3n) is 5.10. The van der Waals surface area contributed by atoms with Gasteiger partial charge in [-0.05, 0) is 41.5 Å². The molecule has 5 aromatic rings. The Morgan fingerprint density at radius 3 is 2.22 bits per heavy atom. The maximum atomic E-state index is 5.61. The Hall–Kier alpha value is -3.74. The van der Waals surface area contributed by atoms with Gasteiger partial charge in [-0.2, -0.15) is 0 Å². The molecular formula is C26H20N2O3S. The Kier molecular flexibility index (Phi) is 5.79. The van der Waals surface area contributed by atoms with E-state index in [1.54, 1.807) is 11.8 Å². The highest BCUT2D eigenvalue weighted by molar-refractivity contribution is 7.94. The molecule has 2 heterocycles. The summed E-state index contributed by atoms with van der Waals surface area (Å²) in [5.74, 6) is 0.805. The highest BCUT2D eigenvalue weighted by atomic mass is 32.2. The SMILES string of the molecule is COc1ccc(-c2cn(OOSc3ccccc3)c3ncc(-c4ccccc4)cc23)cc1. The highest BCUT2D eigenvalue weighted by Crippen LogP contribution is 2.33. The summed E-state index contributed by atoms with van der Waals surface area (Å²) in [6.45, 7) is 0. The monoisotopic (exact) mass is 440 g/mol. The third-order valence-corrected chi connectivity index (χ3v) is 5.70. The summed E-state index contributed by atoms with van der Waals surface area (Å²) in [6.07, 6.45) is 3.74. The van der Waals surface area contributed by atoms with Crippen LogP contribution in [-0.2, 0) is 4.33 Å². The van der Waals surface area contributed by atoms with Crippen molar-refractivity contribution in [1.82, 2.24) is 9.71 Å². The van der Waals surface area contributed by atoms with Crippen molar-refractivity contribution in [2.75, 3.05) is 7.11 Å². The van der Waals surface area contributed by atoms with Crippen LogP contribution in [0, 0.1) is 0 Å². The van der Waals surface area contributed by atoms with Gasteiger partial charge in [-0.25, -0.2) is 9.97 Å². The van der Waals surface area contributed by atoms with Gasteiger partial charge in [-0.15, -0.1) is 4.73 Å². The molecule has 0 aliphatic heterocycles. The van der Waals surface area contributed by atoms with E-state index in [1.165, 1.54) is 0 Å². The normalized spacial score (nSPS) is 10.9. The minimum absolute atomic E-state index is 0.671. The van der Waals surface area contributed by atoms with Gasteiger partial charge in [0, 0.05) is 27.6 Å². The predicted octanol–water partition coefficient (Wildman–Crippen LogP) is 6.45. The number of benzene rings is 3. The molecule has 6 heteroatoms. The first-order chi connectivity index (χ1) is 15.8. The fraction of sp³-hybridized carbons (Fsp3) is 0.0385. The lowest BCUT2D eigenvalue weighted by molar-refractivity contribution is -0.188. The van der Waals surface area contributed by atoms with E-state index in [1.807, 2.05) is 85.2 Å². The largest absolute Gasteiger partial charge is 0.497 e. The summed E-state index contributed by atoms with van der Waals surface area (Å²) in [7, 11) is 1.66. The summed E-state index contributed by atoms with van der Waals surface area (Å²) >= 11 is 1.15. The van der Waals surface area contributed by atoms with Crippen LogP contribution in [0.1, 0.15) is 0 Å². The first-order valence-corrected chi connectivity index (χ1v) is 10.8. The van der Waals surface area contributed by atoms with E-state index in [2.05, 4.69) is 23.2 Å². The number of hydrogen-bond acceptors (Lipinski definition) is 5. The van der Waals surface area contributed by atoms with Crippen LogP contribution in [0.25, 0.3) is 33.3 Å². The fourth-order valence-corrected chi connectivity index (χ4v) is 3.93. The minimum Gasteiger partial charge on any atom is -0.497 e. The van der Waals surface area contributed by atoms with Crippen molar-refractivity contribution in [3.05, 3.63) is 103 Å². The number of fused-ring (bicyclic) bond motifs is 1. The van der Waals surface area contributed by atoms with Crippen molar-refractivity contribution in [2.24, 2.45) is 0 Å². The summed E-state index contributed by atoms with van der Waals surface area (Å²) in [5.41, 5.74) is 4.82. The standard InChI is InChI=1S/C26H20N2O3S/c1-29-22-14-12-20(13-15-22)25-18-28(30-31-32-23-10-6-3-7-11-23)26-24(25)16-21(17-27-26)19-8-4-2-5-9-19/h2-18H,1H3. The van der Waals surface area contributed by atoms with E-state index in [4.69, 9.17) is 14.1 Å². The van der Waals surface area contributed by atoms with Gasteiger partial charge >= 0.3 is 0 Å². The molecule has 0 aliphatic carbocycles. The van der Waals surface area contributed by atoms with Crippen LogP contribution in [-0.4, -0.2) is 16.8 Å². The highest BCUT2D eigenvalue weighted by Gasteiger charge is 2.15. The molecule has 0 bridgehead atoms. The number of ether oxygens (including phenoxy) is 1. The minimum atomic E-state index is 0.671. The molecule has 158 valence electrons. The predicted molar refractivity (Wildman–Crippen MR) is 127 cm³/mol. The second-order valence-corrected chi connectivity index (χ2v) is 7.87. The van der Waals surface area contributed by atoms with Gasteiger partial charge in [0.05, 0.1) is 25.3 Å². The van der Waals surface area contributed by atoms with Gasteiger partial charge in [-0.1, -0.05) is 65.0 Å². The second-order valence-electron chi connectivity index (χ2n) is 7.10. The van der Waals surface area contributed by atoms with Gasteiger partial charge in [0.25, 0.3) is 0 Å². The summed E-state index contributed by atoms with van der Waals surface area (Å²) < 4.78 is 12.3. The zero-order valence-corrected chi connectivity index (χ0v) is 18.2. The van der Waals surface area contributed by atoms with Crippen molar-refractivity contribution in [1.29, 1.82) is 0 Å². The molecule has 0 saturated carbocycles. The number of hydrogen-bond donors (Lipinski definition) is 0. The average molecular weight is 441 g/mol. The van der Waals surface area contributed by atoms with Crippen LogP contribution in [0.5, 0.6) is 5.75 Å². The molecule has 0 unspecified atom stereocenters. The molecule has 0 saturated heterocycles. The Morgan fingerprint density at radius 2 is 1.50 bits per heavy atom. The van der Waals surface area contributed by atoms with Crippen LogP contribution in [0.4, 0.5) is 0 Å². The molecule has 0 atom stereocenters. The molecule has 2 aromatic heterocycles. The number of aromatic nitrogens is 2. The zero-order chi connectivity index (χ0) is 21.8. The molecular weight excluding hydrogens is 420 g/mol. The fourth-order valence-electron chi connectivity index (χ4n) is 3.49. The molecule has 32 heavy (non-hydrogen) atoms. The van der Waals surface area contributed by atoms with Crippen LogP contribution in [0.2, 0.25) is 0 Å². The summed E-state index contributed by atoms with van der Waals surface area (Å²) in [6, 6.07) is 30.0. The smallest absolute Gasteiger partial charge is 0.179 e. The Labute approximate surface area is 190 Å². The Morgan fingerprint density at radius 1 is 0.781 bits per heavy atom. The van der Waals surface area contributed by atoms with Crippen LogP contribution >= 0.6 is 12.0 Å².